The van der Waals surface area contributed by atoms with Crippen molar-refractivity contribution in [2.75, 3.05) is 10.6 Å². The number of thiazole rings is 2. The van der Waals surface area contributed by atoms with Crippen molar-refractivity contribution in [1.82, 2.24) is 9.97 Å². The molecule has 3 aromatic carbocycles. The molecule has 10 heteroatoms. The van der Waals surface area contributed by atoms with Gasteiger partial charge in [-0.05, 0) is 60.7 Å². The van der Waals surface area contributed by atoms with Gasteiger partial charge in [0.2, 0.25) is 0 Å². The molecule has 2 aromatic heterocycles. The molecule has 178 valence electrons. The molecule has 2 amide bonds. The van der Waals surface area contributed by atoms with Crippen LogP contribution in [0.4, 0.5) is 19.0 Å². The number of hydrogen-bond donors (Lipinski definition) is 2. The maximum atomic E-state index is 13.2. The van der Waals surface area contributed by atoms with Crippen LogP contribution >= 0.6 is 22.7 Å². The Morgan fingerprint density at radius 3 is 1.39 bits per heavy atom. The van der Waals surface area contributed by atoms with Crippen molar-refractivity contribution in [3.8, 4) is 22.5 Å². The summed E-state index contributed by atoms with van der Waals surface area (Å²) in [6, 6.07) is 18.2. The molecule has 36 heavy (non-hydrogen) atoms. The smallest absolute Gasteiger partial charge is 0.258 e. The topological polar surface area (TPSA) is 84.0 Å². The number of halogens is 2. The van der Waals surface area contributed by atoms with E-state index in [1.165, 1.54) is 46.9 Å². The molecule has 0 atom stereocenters. The largest absolute Gasteiger partial charge is 0.298 e. The normalized spacial score (nSPS) is 10.7. The second kappa shape index (κ2) is 10.1. The maximum absolute atomic E-state index is 13.2. The predicted molar refractivity (Wildman–Crippen MR) is 137 cm³/mol. The van der Waals surface area contributed by atoms with E-state index in [4.69, 9.17) is 0 Å². The summed E-state index contributed by atoms with van der Waals surface area (Å²) < 4.78 is 26.4. The highest BCUT2D eigenvalue weighted by Gasteiger charge is 2.19. The second-order valence-corrected chi connectivity index (χ2v) is 9.26. The first-order valence-corrected chi connectivity index (χ1v) is 12.4. The van der Waals surface area contributed by atoms with E-state index in [0.717, 1.165) is 11.1 Å². The summed E-state index contributed by atoms with van der Waals surface area (Å²) in [5.74, 6) is -1.68. The van der Waals surface area contributed by atoms with Crippen molar-refractivity contribution in [1.29, 1.82) is 0 Å². The summed E-state index contributed by atoms with van der Waals surface area (Å²) in [4.78, 5) is 34.7. The summed E-state index contributed by atoms with van der Waals surface area (Å²) in [7, 11) is 0. The van der Waals surface area contributed by atoms with Crippen LogP contribution in [0.2, 0.25) is 0 Å². The third-order valence-electron chi connectivity index (χ3n) is 5.15. The summed E-state index contributed by atoms with van der Waals surface area (Å²) in [5, 5.41) is 9.64. The van der Waals surface area contributed by atoms with Gasteiger partial charge in [-0.1, -0.05) is 12.1 Å². The van der Waals surface area contributed by atoms with Crippen LogP contribution in [-0.2, 0) is 0 Å². The molecule has 2 N–H and O–H groups in total. The van der Waals surface area contributed by atoms with Crippen LogP contribution in [0.15, 0.2) is 83.6 Å². The van der Waals surface area contributed by atoms with Crippen LogP contribution in [0.25, 0.3) is 22.5 Å². The lowest BCUT2D eigenvalue weighted by atomic mass is 10.1. The van der Waals surface area contributed by atoms with E-state index in [2.05, 4.69) is 20.6 Å². The average Bonchev–Trinajstić information content (AvgIpc) is 3.55. The minimum Gasteiger partial charge on any atom is -0.298 e. The van der Waals surface area contributed by atoms with Crippen LogP contribution in [-0.4, -0.2) is 21.8 Å². The molecule has 5 rings (SSSR count). The number of benzene rings is 3. The van der Waals surface area contributed by atoms with Gasteiger partial charge in [-0.25, -0.2) is 18.7 Å². The van der Waals surface area contributed by atoms with Crippen molar-refractivity contribution in [3.05, 3.63) is 106 Å². The van der Waals surface area contributed by atoms with Gasteiger partial charge >= 0.3 is 0 Å². The highest BCUT2D eigenvalue weighted by Crippen LogP contribution is 2.27. The van der Waals surface area contributed by atoms with Gasteiger partial charge in [0.15, 0.2) is 10.3 Å². The van der Waals surface area contributed by atoms with Crippen molar-refractivity contribution in [3.63, 3.8) is 0 Å². The van der Waals surface area contributed by atoms with Gasteiger partial charge in [-0.3, -0.25) is 20.2 Å². The SMILES string of the molecule is O=C(Nc1nc(-c2ccc(F)cc2)cs1)c1ccccc1C(=O)Nc1nc(-c2ccc(F)cc2)cs1. The van der Waals surface area contributed by atoms with E-state index in [1.807, 2.05) is 0 Å². The predicted octanol–water partition coefficient (Wildman–Crippen LogP) is 6.72. The van der Waals surface area contributed by atoms with Gasteiger partial charge in [0.25, 0.3) is 11.8 Å². The van der Waals surface area contributed by atoms with E-state index >= 15 is 0 Å². The van der Waals surface area contributed by atoms with Crippen LogP contribution in [0.3, 0.4) is 0 Å². The van der Waals surface area contributed by atoms with Gasteiger partial charge in [0.05, 0.1) is 22.5 Å². The zero-order valence-corrected chi connectivity index (χ0v) is 20.0. The fourth-order valence-corrected chi connectivity index (χ4v) is 4.81. The average molecular weight is 519 g/mol. The zero-order chi connectivity index (χ0) is 25.1. The molecular weight excluding hydrogens is 502 g/mol. The van der Waals surface area contributed by atoms with Gasteiger partial charge in [0, 0.05) is 21.9 Å². The first-order valence-electron chi connectivity index (χ1n) is 10.6. The Morgan fingerprint density at radius 1 is 0.611 bits per heavy atom. The van der Waals surface area contributed by atoms with Crippen LogP contribution < -0.4 is 10.6 Å². The van der Waals surface area contributed by atoms with Gasteiger partial charge < -0.3 is 0 Å². The molecule has 0 spiro atoms. The van der Waals surface area contributed by atoms with E-state index in [1.54, 1.807) is 59.3 Å². The number of nitrogens with zero attached hydrogens (tertiary/aromatic N) is 2. The molecule has 5 aromatic rings. The second-order valence-electron chi connectivity index (χ2n) is 7.54. The molecule has 0 bridgehead atoms. The number of amides is 2. The molecular formula is C26H16F2N4O2S2. The van der Waals surface area contributed by atoms with E-state index in [-0.39, 0.29) is 22.8 Å². The van der Waals surface area contributed by atoms with Gasteiger partial charge in [-0.15, -0.1) is 22.7 Å². The fraction of sp³-hybridized carbons (Fsp3) is 0. The number of nitrogens with one attached hydrogen (secondary N) is 2. The third-order valence-corrected chi connectivity index (χ3v) is 6.66. The van der Waals surface area contributed by atoms with Crippen LogP contribution in [0.1, 0.15) is 20.7 Å². The first-order chi connectivity index (χ1) is 17.5. The number of anilines is 2. The number of carbonyl (C=O) groups excluding carboxylic acids is 2. The summed E-state index contributed by atoms with van der Waals surface area (Å²) in [6.45, 7) is 0. The lowest BCUT2D eigenvalue weighted by molar-refractivity contribution is 0.0990. The highest BCUT2D eigenvalue weighted by molar-refractivity contribution is 7.14. The van der Waals surface area contributed by atoms with Gasteiger partial charge in [0.1, 0.15) is 11.6 Å². The van der Waals surface area contributed by atoms with Crippen LogP contribution in [0, 0.1) is 11.6 Å². The Kier molecular flexibility index (Phi) is 6.61. The molecule has 0 radical (unpaired) electrons. The Morgan fingerprint density at radius 2 is 1.00 bits per heavy atom. The molecule has 0 saturated carbocycles. The van der Waals surface area contributed by atoms with Crippen molar-refractivity contribution >= 4 is 44.8 Å². The molecule has 0 unspecified atom stereocenters. The number of hydrogen-bond acceptors (Lipinski definition) is 6. The Bertz CT molecular complexity index is 1430. The first kappa shape index (κ1) is 23.5. The molecule has 0 aliphatic carbocycles. The molecule has 0 aliphatic heterocycles. The van der Waals surface area contributed by atoms with E-state index in [9.17, 15) is 18.4 Å². The van der Waals surface area contributed by atoms with Crippen LogP contribution in [0.5, 0.6) is 0 Å². The number of aromatic nitrogens is 2. The molecule has 6 nitrogen and oxygen atoms in total. The van der Waals surface area contributed by atoms with Crippen molar-refractivity contribution < 1.29 is 18.4 Å². The minimum atomic E-state index is -0.494. The lowest BCUT2D eigenvalue weighted by Gasteiger charge is -2.08. The van der Waals surface area contributed by atoms with Gasteiger partial charge in [-0.2, -0.15) is 0 Å². The zero-order valence-electron chi connectivity index (χ0n) is 18.4. The Labute approximate surface area is 212 Å². The molecule has 0 fully saturated rings. The number of carbonyl (C=O) groups is 2. The monoisotopic (exact) mass is 518 g/mol. The Hall–Kier alpha value is -4.28. The van der Waals surface area contributed by atoms with E-state index < -0.39 is 11.8 Å². The highest BCUT2D eigenvalue weighted by atomic mass is 32.1. The summed E-state index contributed by atoms with van der Waals surface area (Å²) >= 11 is 2.44. The fourth-order valence-electron chi connectivity index (χ4n) is 3.38. The number of rotatable bonds is 6. The lowest BCUT2D eigenvalue weighted by Crippen LogP contribution is -2.20. The Balaban J connectivity index is 1.30. The maximum Gasteiger partial charge on any atom is 0.258 e. The molecule has 2 heterocycles. The summed E-state index contributed by atoms with van der Waals surface area (Å²) in [5.41, 5.74) is 2.98. The summed E-state index contributed by atoms with van der Waals surface area (Å²) in [6.07, 6.45) is 0. The van der Waals surface area contributed by atoms with Crippen molar-refractivity contribution in [2.45, 2.75) is 0 Å². The van der Waals surface area contributed by atoms with E-state index in [0.29, 0.717) is 21.7 Å². The quantitative estimate of drug-likeness (QED) is 0.262. The minimum absolute atomic E-state index is 0.170. The van der Waals surface area contributed by atoms with Crippen molar-refractivity contribution in [2.24, 2.45) is 0 Å². The molecule has 0 saturated heterocycles. The molecule has 0 aliphatic rings. The third kappa shape index (κ3) is 5.19. The standard InChI is InChI=1S/C26H16F2N4O2S2/c27-17-9-5-15(6-10-17)21-13-35-25(29-21)31-23(33)19-3-1-2-4-20(19)24(34)32-26-30-22(14-36-26)16-7-11-18(28)12-8-16/h1-14H,(H,29,31,33)(H,30,32,34).